The Labute approximate surface area is 270 Å². The van der Waals surface area contributed by atoms with Crippen LogP contribution in [0.4, 0.5) is 0 Å². The molecule has 0 spiro atoms. The zero-order valence-corrected chi connectivity index (χ0v) is 27.9. The molecule has 2 amide bonds. The highest BCUT2D eigenvalue weighted by Gasteiger charge is 2.50. The number of hydrogen-bond acceptors (Lipinski definition) is 6. The molecule has 5 rings (SSSR count). The highest BCUT2D eigenvalue weighted by atomic mass is 16.7. The molecule has 240 valence electrons. The van der Waals surface area contributed by atoms with E-state index in [-0.39, 0.29) is 30.1 Å². The van der Waals surface area contributed by atoms with Crippen LogP contribution in [0.1, 0.15) is 49.9 Å². The molecule has 3 aliphatic rings. The van der Waals surface area contributed by atoms with E-state index in [9.17, 15) is 9.59 Å². The average Bonchev–Trinajstić information content (AvgIpc) is 3.22. The van der Waals surface area contributed by atoms with Crippen LogP contribution in [-0.4, -0.2) is 116 Å². The molecule has 3 fully saturated rings. The van der Waals surface area contributed by atoms with Gasteiger partial charge in [0.05, 0.1) is 24.0 Å². The van der Waals surface area contributed by atoms with Gasteiger partial charge in [0.1, 0.15) is 0 Å². The first kappa shape index (κ1) is 34.5. The minimum Gasteiger partial charge on any atom is -0.400 e. The van der Waals surface area contributed by atoms with Gasteiger partial charge in [0.2, 0.25) is 11.8 Å². The smallest absolute Gasteiger partial charge is 0.400 e. The molecule has 45 heavy (non-hydrogen) atoms. The van der Waals surface area contributed by atoms with Crippen molar-refractivity contribution in [3.05, 3.63) is 76.8 Å². The predicted molar refractivity (Wildman–Crippen MR) is 181 cm³/mol. The first-order chi connectivity index (χ1) is 21.3. The van der Waals surface area contributed by atoms with E-state index >= 15 is 0 Å². The molecular weight excluding hydrogens is 563 g/mol. The number of carbonyl (C=O) groups excluding carboxylic acids is 2. The zero-order chi connectivity index (χ0) is 32.6. The summed E-state index contributed by atoms with van der Waals surface area (Å²) in [7, 11) is 3.82. The molecular formula is C36H49BN4O4. The van der Waals surface area contributed by atoms with Crippen molar-refractivity contribution in [3.63, 3.8) is 0 Å². The maximum Gasteiger partial charge on any atom is 0.487 e. The fraction of sp³-hybridized carbons (Fsp3) is 0.500. The van der Waals surface area contributed by atoms with Gasteiger partial charge in [0.15, 0.2) is 0 Å². The number of piperazine rings is 2. The van der Waals surface area contributed by atoms with E-state index in [1.165, 1.54) is 0 Å². The van der Waals surface area contributed by atoms with Crippen molar-refractivity contribution in [2.75, 3.05) is 66.5 Å². The summed E-state index contributed by atoms with van der Waals surface area (Å²) < 4.78 is 12.0. The van der Waals surface area contributed by atoms with Crippen LogP contribution >= 0.6 is 0 Å². The number of amides is 2. The summed E-state index contributed by atoms with van der Waals surface area (Å²) in [6.45, 7) is 15.3. The Bertz CT molecular complexity index is 1370. The summed E-state index contributed by atoms with van der Waals surface area (Å²) >= 11 is 0. The fourth-order valence-corrected chi connectivity index (χ4v) is 5.42. The minimum atomic E-state index is -0.356. The number of likely N-dealkylation sites (N-methyl/N-ethyl adjacent to an activating group) is 2. The van der Waals surface area contributed by atoms with Crippen LogP contribution in [-0.2, 0) is 31.7 Å². The van der Waals surface area contributed by atoms with Crippen molar-refractivity contribution >= 4 is 25.0 Å². The molecule has 0 aliphatic carbocycles. The van der Waals surface area contributed by atoms with Crippen molar-refractivity contribution in [1.29, 1.82) is 0 Å². The van der Waals surface area contributed by atoms with Gasteiger partial charge in [0, 0.05) is 57.9 Å². The van der Waals surface area contributed by atoms with Gasteiger partial charge < -0.3 is 28.9 Å². The molecule has 2 aromatic rings. The summed E-state index contributed by atoms with van der Waals surface area (Å²) in [5, 5.41) is 0. The number of benzene rings is 2. The van der Waals surface area contributed by atoms with Gasteiger partial charge in [-0.15, -0.1) is 6.42 Å². The maximum absolute atomic E-state index is 12.5. The summed E-state index contributed by atoms with van der Waals surface area (Å²) in [5.41, 5.74) is 3.24. The van der Waals surface area contributed by atoms with E-state index in [2.05, 4.69) is 35.9 Å². The van der Waals surface area contributed by atoms with Crippen molar-refractivity contribution in [2.24, 2.45) is 0 Å². The highest BCUT2D eigenvalue weighted by Crippen LogP contribution is 2.37. The van der Waals surface area contributed by atoms with E-state index in [4.69, 9.17) is 15.7 Å². The van der Waals surface area contributed by atoms with Crippen LogP contribution in [0.15, 0.2) is 54.5 Å². The van der Waals surface area contributed by atoms with Gasteiger partial charge in [-0.3, -0.25) is 9.59 Å². The lowest BCUT2D eigenvalue weighted by Crippen LogP contribution is -2.47. The van der Waals surface area contributed by atoms with Gasteiger partial charge in [-0.2, -0.15) is 0 Å². The Hall–Kier alpha value is -3.42. The third kappa shape index (κ3) is 9.78. The predicted octanol–water partition coefficient (Wildman–Crippen LogP) is 3.63. The fourth-order valence-electron chi connectivity index (χ4n) is 5.42. The first-order valence-corrected chi connectivity index (χ1v) is 16.0. The Morgan fingerprint density at radius 3 is 1.73 bits per heavy atom. The van der Waals surface area contributed by atoms with Crippen molar-refractivity contribution in [1.82, 2.24) is 19.6 Å². The van der Waals surface area contributed by atoms with Gasteiger partial charge >= 0.3 is 7.12 Å². The average molecular weight is 613 g/mol. The van der Waals surface area contributed by atoms with Crippen LogP contribution in [0.5, 0.6) is 0 Å². The molecule has 8 nitrogen and oxygen atoms in total. The van der Waals surface area contributed by atoms with Crippen molar-refractivity contribution < 1.29 is 18.9 Å². The molecule has 0 unspecified atom stereocenters. The van der Waals surface area contributed by atoms with Crippen LogP contribution in [0.2, 0.25) is 0 Å². The molecule has 2 aromatic carbocycles. The number of hydrogen-bond donors (Lipinski definition) is 0. The molecule has 3 aliphatic heterocycles. The van der Waals surface area contributed by atoms with E-state index in [1.807, 2.05) is 92.0 Å². The third-order valence-electron chi connectivity index (χ3n) is 9.18. The van der Waals surface area contributed by atoms with Gasteiger partial charge in [-0.25, -0.2) is 0 Å². The van der Waals surface area contributed by atoms with Crippen LogP contribution < -0.4 is 0 Å². The van der Waals surface area contributed by atoms with Gasteiger partial charge in [0.25, 0.3) is 0 Å². The van der Waals surface area contributed by atoms with Crippen LogP contribution in [0.25, 0.3) is 6.08 Å². The molecule has 3 heterocycles. The molecule has 0 atom stereocenters. The van der Waals surface area contributed by atoms with E-state index in [0.29, 0.717) is 12.8 Å². The second-order valence-electron chi connectivity index (χ2n) is 13.3. The Morgan fingerprint density at radius 2 is 1.24 bits per heavy atom. The minimum absolute atomic E-state index is 0.192. The van der Waals surface area contributed by atoms with E-state index < -0.39 is 0 Å². The molecule has 0 bridgehead atoms. The summed E-state index contributed by atoms with van der Waals surface area (Å²) in [6.07, 6.45) is 8.25. The standard InChI is InChI=1S/C21H31BN2O3.C15H18N2O/c1-20(2)21(3,4)27-22(26-20)10-9-17-7-6-8-18(15-17)16-19(25)24-13-11-23(5)12-14-24;1-3-13-5-4-6-14(11-13)12-15(18)17-9-7-16(2)8-10-17/h6-10,15H,11-14,16H2,1-5H3;1,4-6,11H,7-10,12H2,2H3/b10-9+;. The number of carbonyl (C=O) groups is 2. The monoisotopic (exact) mass is 612 g/mol. The third-order valence-corrected chi connectivity index (χ3v) is 9.18. The lowest BCUT2D eigenvalue weighted by molar-refractivity contribution is -0.132. The lowest BCUT2D eigenvalue weighted by Gasteiger charge is -2.32. The molecule has 0 N–H and O–H groups in total. The van der Waals surface area contributed by atoms with Crippen molar-refractivity contribution in [3.8, 4) is 12.3 Å². The van der Waals surface area contributed by atoms with Crippen LogP contribution in [0, 0.1) is 12.3 Å². The van der Waals surface area contributed by atoms with Crippen molar-refractivity contribution in [2.45, 2.75) is 51.7 Å². The summed E-state index contributed by atoms with van der Waals surface area (Å²) in [5.74, 6) is 4.93. The molecule has 0 radical (unpaired) electrons. The number of terminal acetylenes is 1. The maximum atomic E-state index is 12.5. The number of rotatable bonds is 6. The molecule has 9 heteroatoms. The topological polar surface area (TPSA) is 65.6 Å². The Morgan fingerprint density at radius 1 is 0.778 bits per heavy atom. The second-order valence-corrected chi connectivity index (χ2v) is 13.3. The Kier molecular flexibility index (Phi) is 11.7. The largest absolute Gasteiger partial charge is 0.487 e. The number of nitrogens with zero attached hydrogens (tertiary/aromatic N) is 4. The van der Waals surface area contributed by atoms with E-state index in [0.717, 1.165) is 74.6 Å². The summed E-state index contributed by atoms with van der Waals surface area (Å²) in [6, 6.07) is 15.8. The first-order valence-electron chi connectivity index (χ1n) is 16.0. The zero-order valence-electron chi connectivity index (χ0n) is 27.9. The highest BCUT2D eigenvalue weighted by molar-refractivity contribution is 6.52. The lowest BCUT2D eigenvalue weighted by atomic mass is 9.89. The van der Waals surface area contributed by atoms with Crippen LogP contribution in [0.3, 0.4) is 0 Å². The molecule has 0 saturated carbocycles. The molecule has 0 aromatic heterocycles. The quantitative estimate of drug-likeness (QED) is 0.367. The van der Waals surface area contributed by atoms with E-state index in [1.54, 1.807) is 0 Å². The second kappa shape index (κ2) is 15.2. The Balaban J connectivity index is 0.000000222. The SMILES string of the molecule is C#Cc1cccc(CC(=O)N2CCN(C)CC2)c1.CN1CCN(C(=O)Cc2cccc(/C=C/B3OC(C)(C)C(C)(C)O3)c2)CC1. The van der Waals surface area contributed by atoms with Gasteiger partial charge in [-0.1, -0.05) is 54.4 Å². The summed E-state index contributed by atoms with van der Waals surface area (Å²) in [4.78, 5) is 33.1. The van der Waals surface area contributed by atoms with Gasteiger partial charge in [-0.05, 0) is 70.6 Å². The molecule has 3 saturated heterocycles. The normalized spacial score (nSPS) is 20.1.